The molecule has 1 aromatic heterocycles. The minimum Gasteiger partial charge on any atom is -0.494 e. The molecule has 1 N–H and O–H groups in total. The van der Waals surface area contributed by atoms with Crippen molar-refractivity contribution in [2.45, 2.75) is 40.2 Å². The van der Waals surface area contributed by atoms with Crippen LogP contribution in [0.2, 0.25) is 0 Å². The van der Waals surface area contributed by atoms with Gasteiger partial charge in [-0.1, -0.05) is 23.4 Å². The first-order chi connectivity index (χ1) is 13.5. The van der Waals surface area contributed by atoms with E-state index in [1.54, 1.807) is 0 Å². The summed E-state index contributed by atoms with van der Waals surface area (Å²) < 4.78 is 10.7. The second kappa shape index (κ2) is 9.17. The van der Waals surface area contributed by atoms with Crippen LogP contribution in [0.25, 0.3) is 11.4 Å². The Labute approximate surface area is 164 Å². The Morgan fingerprint density at radius 2 is 1.89 bits per heavy atom. The lowest BCUT2D eigenvalue weighted by molar-refractivity contribution is -0.121. The molecule has 0 saturated heterocycles. The molecular weight excluding hydrogens is 354 g/mol. The van der Waals surface area contributed by atoms with Crippen LogP contribution in [0, 0.1) is 13.8 Å². The fourth-order valence-electron chi connectivity index (χ4n) is 2.79. The highest BCUT2D eigenvalue weighted by Gasteiger charge is 2.10. The van der Waals surface area contributed by atoms with Gasteiger partial charge in [0, 0.05) is 12.0 Å². The van der Waals surface area contributed by atoms with Gasteiger partial charge in [0.1, 0.15) is 5.75 Å². The lowest BCUT2D eigenvalue weighted by Gasteiger charge is -2.05. The SMILES string of the molecule is CCOc1ccc(-c2noc(CNC(=O)CCc3ccc(C)c(C)c3)n2)cc1. The number of aryl methyl sites for hydroxylation is 3. The van der Waals surface area contributed by atoms with Crippen LogP contribution in [0.3, 0.4) is 0 Å². The molecule has 0 aliphatic rings. The molecule has 2 aromatic carbocycles. The highest BCUT2D eigenvalue weighted by Crippen LogP contribution is 2.20. The van der Waals surface area contributed by atoms with Gasteiger partial charge < -0.3 is 14.6 Å². The van der Waals surface area contributed by atoms with Gasteiger partial charge in [-0.05, 0) is 68.1 Å². The van der Waals surface area contributed by atoms with Gasteiger partial charge in [0.15, 0.2) is 0 Å². The molecular formula is C22H25N3O3. The largest absolute Gasteiger partial charge is 0.494 e. The minimum atomic E-state index is -0.0426. The zero-order valence-corrected chi connectivity index (χ0v) is 16.5. The van der Waals surface area contributed by atoms with Crippen LogP contribution in [0.1, 0.15) is 35.9 Å². The van der Waals surface area contributed by atoms with E-state index in [1.807, 2.05) is 31.2 Å². The lowest BCUT2D eigenvalue weighted by Crippen LogP contribution is -2.23. The van der Waals surface area contributed by atoms with Crippen molar-refractivity contribution in [1.29, 1.82) is 0 Å². The first-order valence-corrected chi connectivity index (χ1v) is 9.44. The number of carbonyl (C=O) groups excluding carboxylic acids is 1. The zero-order chi connectivity index (χ0) is 19.9. The van der Waals surface area contributed by atoms with E-state index < -0.39 is 0 Å². The summed E-state index contributed by atoms with van der Waals surface area (Å²) in [5, 5.41) is 6.80. The average molecular weight is 379 g/mol. The third kappa shape index (κ3) is 5.19. The number of aromatic nitrogens is 2. The second-order valence-electron chi connectivity index (χ2n) is 6.66. The van der Waals surface area contributed by atoms with Crippen molar-refractivity contribution in [3.8, 4) is 17.1 Å². The van der Waals surface area contributed by atoms with Crippen molar-refractivity contribution in [3.05, 3.63) is 65.0 Å². The van der Waals surface area contributed by atoms with Crippen LogP contribution in [0.5, 0.6) is 5.75 Å². The molecule has 1 amide bonds. The van der Waals surface area contributed by atoms with Gasteiger partial charge in [0.05, 0.1) is 13.2 Å². The Morgan fingerprint density at radius 1 is 1.11 bits per heavy atom. The zero-order valence-electron chi connectivity index (χ0n) is 16.5. The molecule has 0 spiro atoms. The number of nitrogens with zero attached hydrogens (tertiary/aromatic N) is 2. The van der Waals surface area contributed by atoms with E-state index in [-0.39, 0.29) is 12.5 Å². The van der Waals surface area contributed by atoms with Crippen LogP contribution < -0.4 is 10.1 Å². The van der Waals surface area contributed by atoms with E-state index in [0.717, 1.165) is 16.9 Å². The Bertz CT molecular complexity index is 932. The number of hydrogen-bond acceptors (Lipinski definition) is 5. The summed E-state index contributed by atoms with van der Waals surface area (Å²) >= 11 is 0. The Kier molecular flexibility index (Phi) is 6.42. The molecule has 0 radical (unpaired) electrons. The monoisotopic (exact) mass is 379 g/mol. The maximum Gasteiger partial charge on any atom is 0.246 e. The summed E-state index contributed by atoms with van der Waals surface area (Å²) in [4.78, 5) is 16.4. The fourth-order valence-corrected chi connectivity index (χ4v) is 2.79. The smallest absolute Gasteiger partial charge is 0.246 e. The predicted octanol–water partition coefficient (Wildman–Crippen LogP) is 4.00. The predicted molar refractivity (Wildman–Crippen MR) is 107 cm³/mol. The maximum absolute atomic E-state index is 12.1. The minimum absolute atomic E-state index is 0.0426. The summed E-state index contributed by atoms with van der Waals surface area (Å²) in [6.07, 6.45) is 1.12. The third-order valence-electron chi connectivity index (χ3n) is 4.54. The number of rotatable bonds is 8. The van der Waals surface area contributed by atoms with Crippen molar-refractivity contribution in [3.63, 3.8) is 0 Å². The van der Waals surface area contributed by atoms with Crippen LogP contribution in [0.4, 0.5) is 0 Å². The van der Waals surface area contributed by atoms with Crippen LogP contribution in [-0.4, -0.2) is 22.7 Å². The maximum atomic E-state index is 12.1. The normalized spacial score (nSPS) is 10.7. The molecule has 0 saturated carbocycles. The Balaban J connectivity index is 1.49. The van der Waals surface area contributed by atoms with Crippen LogP contribution in [0.15, 0.2) is 47.0 Å². The standard InChI is InChI=1S/C22H25N3O3/c1-4-27-19-10-8-18(9-11-19)22-24-21(28-25-22)14-23-20(26)12-7-17-6-5-15(2)16(3)13-17/h5-6,8-11,13H,4,7,12,14H2,1-3H3,(H,23,26). The molecule has 28 heavy (non-hydrogen) atoms. The quantitative estimate of drug-likeness (QED) is 0.640. The Hall–Kier alpha value is -3.15. The molecule has 6 heteroatoms. The van der Waals surface area contributed by atoms with Gasteiger partial charge >= 0.3 is 0 Å². The summed E-state index contributed by atoms with van der Waals surface area (Å²) in [6, 6.07) is 13.8. The van der Waals surface area contributed by atoms with E-state index in [4.69, 9.17) is 9.26 Å². The van der Waals surface area contributed by atoms with Crippen molar-refractivity contribution in [1.82, 2.24) is 15.5 Å². The summed E-state index contributed by atoms with van der Waals surface area (Å²) in [7, 11) is 0. The van der Waals surface area contributed by atoms with Crippen molar-refractivity contribution >= 4 is 5.91 Å². The van der Waals surface area contributed by atoms with Crippen LogP contribution in [-0.2, 0) is 17.8 Å². The van der Waals surface area contributed by atoms with E-state index in [9.17, 15) is 4.79 Å². The molecule has 0 aliphatic heterocycles. The van der Waals surface area contributed by atoms with Gasteiger partial charge in [0.25, 0.3) is 0 Å². The molecule has 6 nitrogen and oxygen atoms in total. The van der Waals surface area contributed by atoms with E-state index in [0.29, 0.717) is 31.2 Å². The topological polar surface area (TPSA) is 77.3 Å². The lowest BCUT2D eigenvalue weighted by atomic mass is 10.0. The highest BCUT2D eigenvalue weighted by atomic mass is 16.5. The number of amides is 1. The molecule has 3 aromatic rings. The van der Waals surface area contributed by atoms with Gasteiger partial charge in [-0.2, -0.15) is 4.98 Å². The molecule has 146 valence electrons. The molecule has 0 aliphatic carbocycles. The number of ether oxygens (including phenoxy) is 1. The molecule has 0 fully saturated rings. The highest BCUT2D eigenvalue weighted by molar-refractivity contribution is 5.76. The van der Waals surface area contributed by atoms with Crippen molar-refractivity contribution in [2.75, 3.05) is 6.61 Å². The van der Waals surface area contributed by atoms with Gasteiger partial charge in [-0.15, -0.1) is 0 Å². The molecule has 3 rings (SSSR count). The summed E-state index contributed by atoms with van der Waals surface area (Å²) in [5.74, 6) is 1.62. The molecule has 0 unspecified atom stereocenters. The Morgan fingerprint density at radius 3 is 2.61 bits per heavy atom. The van der Waals surface area contributed by atoms with Gasteiger partial charge in [-0.3, -0.25) is 4.79 Å². The first-order valence-electron chi connectivity index (χ1n) is 9.44. The van der Waals surface area contributed by atoms with Gasteiger partial charge in [-0.25, -0.2) is 0 Å². The summed E-state index contributed by atoms with van der Waals surface area (Å²) in [5.41, 5.74) is 4.49. The van der Waals surface area contributed by atoms with E-state index in [1.165, 1.54) is 11.1 Å². The van der Waals surface area contributed by atoms with Crippen molar-refractivity contribution in [2.24, 2.45) is 0 Å². The number of hydrogen-bond donors (Lipinski definition) is 1. The van der Waals surface area contributed by atoms with Crippen molar-refractivity contribution < 1.29 is 14.1 Å². The van der Waals surface area contributed by atoms with Gasteiger partial charge in [0.2, 0.25) is 17.6 Å². The average Bonchev–Trinajstić information content (AvgIpc) is 3.17. The second-order valence-corrected chi connectivity index (χ2v) is 6.66. The summed E-state index contributed by atoms with van der Waals surface area (Å²) in [6.45, 7) is 6.94. The molecule has 1 heterocycles. The number of carbonyl (C=O) groups is 1. The number of nitrogens with one attached hydrogen (secondary N) is 1. The molecule has 0 atom stereocenters. The fraction of sp³-hybridized carbons (Fsp3) is 0.318. The first kappa shape index (κ1) is 19.6. The molecule has 0 bridgehead atoms. The third-order valence-corrected chi connectivity index (χ3v) is 4.54. The van der Waals surface area contributed by atoms with E-state index in [2.05, 4.69) is 47.5 Å². The van der Waals surface area contributed by atoms with Crippen LogP contribution >= 0.6 is 0 Å². The number of benzene rings is 2. The van der Waals surface area contributed by atoms with E-state index >= 15 is 0 Å².